The van der Waals surface area contributed by atoms with Crippen LogP contribution < -0.4 is 5.32 Å². The first-order chi connectivity index (χ1) is 14.2. The summed E-state index contributed by atoms with van der Waals surface area (Å²) in [5.41, 5.74) is 1.35. The van der Waals surface area contributed by atoms with E-state index in [-0.39, 0.29) is 11.7 Å². The molecule has 1 amide bonds. The van der Waals surface area contributed by atoms with Crippen LogP contribution in [0.5, 0.6) is 0 Å². The zero-order valence-corrected chi connectivity index (χ0v) is 16.7. The predicted molar refractivity (Wildman–Crippen MR) is 111 cm³/mol. The van der Waals surface area contributed by atoms with Crippen LogP contribution in [0.1, 0.15) is 15.7 Å². The third kappa shape index (κ3) is 4.87. The van der Waals surface area contributed by atoms with Gasteiger partial charge in [-0.05, 0) is 51.7 Å². The maximum absolute atomic E-state index is 13.2. The number of carbonyl (C=O) groups excluding carboxylic acids is 1. The Morgan fingerprint density at radius 3 is 2.62 bits per heavy atom. The van der Waals surface area contributed by atoms with Gasteiger partial charge in [0.15, 0.2) is 0 Å². The Morgan fingerprint density at radius 2 is 1.90 bits per heavy atom. The Hall–Kier alpha value is -3.04. The maximum Gasteiger partial charge on any atom is 0.242 e. The minimum atomic E-state index is -0.575. The third-order valence-electron chi connectivity index (χ3n) is 4.06. The number of hydrogen-bond donors (Lipinski definition) is 1. The normalized spacial score (nSPS) is 11.9. The number of anilines is 1. The summed E-state index contributed by atoms with van der Waals surface area (Å²) in [5.74, 6) is -0.594. The Bertz CT molecular complexity index is 1070. The Kier molecular flexibility index (Phi) is 5.97. The van der Waals surface area contributed by atoms with E-state index in [0.717, 1.165) is 10.4 Å². The molecule has 29 heavy (non-hydrogen) atoms. The first kappa shape index (κ1) is 19.3. The van der Waals surface area contributed by atoms with Crippen molar-refractivity contribution >= 4 is 34.7 Å². The molecule has 0 fully saturated rings. The first-order valence-electron chi connectivity index (χ1n) is 8.75. The Morgan fingerprint density at radius 1 is 1.10 bits per heavy atom. The highest BCUT2D eigenvalue weighted by Crippen LogP contribution is 2.35. The molecule has 6 nitrogen and oxygen atoms in total. The average Bonchev–Trinajstić information content (AvgIpc) is 3.41. The van der Waals surface area contributed by atoms with Gasteiger partial charge in [0.2, 0.25) is 11.1 Å². The van der Waals surface area contributed by atoms with Gasteiger partial charge in [0.25, 0.3) is 0 Å². The molecular weight excluding hydrogens is 409 g/mol. The number of nitrogens with one attached hydrogen (secondary N) is 1. The number of thiophene rings is 1. The highest BCUT2D eigenvalue weighted by molar-refractivity contribution is 8.00. The van der Waals surface area contributed by atoms with Crippen LogP contribution in [-0.4, -0.2) is 26.1 Å². The number of carbonyl (C=O) groups is 1. The largest absolute Gasteiger partial charge is 0.325 e. The van der Waals surface area contributed by atoms with E-state index in [0.29, 0.717) is 17.4 Å². The molecule has 4 aromatic rings. The standard InChI is InChI=1S/C20H16FN5OS2/c21-15-8-10-16(11-9-15)22-19(27)18(14-5-2-1-3-6-14)29-20-23-24-25-26(20)13-17-7-4-12-28-17/h1-12,18H,13H2,(H,22,27). The van der Waals surface area contributed by atoms with Crippen LogP contribution in [0.3, 0.4) is 0 Å². The molecule has 0 saturated carbocycles. The molecule has 0 bridgehead atoms. The SMILES string of the molecule is O=C(Nc1ccc(F)cc1)C(Sc1nnnn1Cc1cccs1)c1ccccc1. The van der Waals surface area contributed by atoms with Crippen molar-refractivity contribution in [3.05, 3.63) is 88.4 Å². The lowest BCUT2D eigenvalue weighted by Crippen LogP contribution is -2.19. The number of rotatable bonds is 7. The summed E-state index contributed by atoms with van der Waals surface area (Å²) >= 11 is 2.89. The second kappa shape index (κ2) is 8.97. The molecular formula is C20H16FN5OS2. The van der Waals surface area contributed by atoms with Gasteiger partial charge in [0.05, 0.1) is 6.54 Å². The average molecular weight is 426 g/mol. The second-order valence-corrected chi connectivity index (χ2v) is 8.21. The van der Waals surface area contributed by atoms with Crippen LogP contribution in [0.15, 0.2) is 77.3 Å². The molecule has 1 atom stereocenters. The number of thioether (sulfide) groups is 1. The van der Waals surface area contributed by atoms with Gasteiger partial charge in [-0.3, -0.25) is 4.79 Å². The smallest absolute Gasteiger partial charge is 0.242 e. The van der Waals surface area contributed by atoms with Gasteiger partial charge in [-0.25, -0.2) is 9.07 Å². The van der Waals surface area contributed by atoms with Gasteiger partial charge in [0, 0.05) is 10.6 Å². The molecule has 1 N–H and O–H groups in total. The molecule has 0 spiro atoms. The summed E-state index contributed by atoms with van der Waals surface area (Å²) in [6, 6.07) is 19.1. The van der Waals surface area contributed by atoms with Gasteiger partial charge in [-0.15, -0.1) is 16.4 Å². The summed E-state index contributed by atoms with van der Waals surface area (Å²) in [7, 11) is 0. The molecule has 0 radical (unpaired) electrons. The monoisotopic (exact) mass is 425 g/mol. The molecule has 0 aliphatic carbocycles. The zero-order valence-electron chi connectivity index (χ0n) is 15.1. The molecule has 2 aromatic carbocycles. The summed E-state index contributed by atoms with van der Waals surface area (Å²) in [6.07, 6.45) is 0. The summed E-state index contributed by atoms with van der Waals surface area (Å²) < 4.78 is 14.8. The van der Waals surface area contributed by atoms with Crippen molar-refractivity contribution in [3.8, 4) is 0 Å². The zero-order chi connectivity index (χ0) is 20.1. The van der Waals surface area contributed by atoms with Crippen LogP contribution in [-0.2, 0) is 11.3 Å². The fourth-order valence-electron chi connectivity index (χ4n) is 2.68. The number of aromatic nitrogens is 4. The van der Waals surface area contributed by atoms with Crippen LogP contribution in [0.2, 0.25) is 0 Å². The molecule has 9 heteroatoms. The van der Waals surface area contributed by atoms with Gasteiger partial charge in [-0.2, -0.15) is 0 Å². The number of halogens is 1. The highest BCUT2D eigenvalue weighted by atomic mass is 32.2. The molecule has 2 heterocycles. The van der Waals surface area contributed by atoms with E-state index in [9.17, 15) is 9.18 Å². The number of hydrogen-bond acceptors (Lipinski definition) is 6. The van der Waals surface area contributed by atoms with E-state index < -0.39 is 5.25 Å². The summed E-state index contributed by atoms with van der Waals surface area (Å²) in [6.45, 7) is 0.536. The minimum absolute atomic E-state index is 0.238. The van der Waals surface area contributed by atoms with Crippen molar-refractivity contribution < 1.29 is 9.18 Å². The van der Waals surface area contributed by atoms with E-state index in [2.05, 4.69) is 20.8 Å². The van der Waals surface area contributed by atoms with E-state index in [1.54, 1.807) is 16.0 Å². The lowest BCUT2D eigenvalue weighted by molar-refractivity contribution is -0.115. The topological polar surface area (TPSA) is 72.7 Å². The van der Waals surface area contributed by atoms with E-state index in [1.165, 1.54) is 36.0 Å². The van der Waals surface area contributed by atoms with Gasteiger partial charge >= 0.3 is 0 Å². The first-order valence-corrected chi connectivity index (χ1v) is 10.5. The van der Waals surface area contributed by atoms with Crippen molar-refractivity contribution in [3.63, 3.8) is 0 Å². The minimum Gasteiger partial charge on any atom is -0.325 e. The van der Waals surface area contributed by atoms with Crippen LogP contribution in [0, 0.1) is 5.82 Å². The second-order valence-electron chi connectivity index (χ2n) is 6.10. The Balaban J connectivity index is 1.58. The van der Waals surface area contributed by atoms with Crippen molar-refractivity contribution in [1.82, 2.24) is 20.2 Å². The highest BCUT2D eigenvalue weighted by Gasteiger charge is 2.25. The number of tetrazole rings is 1. The quantitative estimate of drug-likeness (QED) is 0.445. The van der Waals surface area contributed by atoms with E-state index in [1.807, 2.05) is 47.8 Å². The van der Waals surface area contributed by atoms with Crippen molar-refractivity contribution in [2.24, 2.45) is 0 Å². The number of amides is 1. The lowest BCUT2D eigenvalue weighted by atomic mass is 10.1. The molecule has 146 valence electrons. The predicted octanol–water partition coefficient (Wildman–Crippen LogP) is 4.39. The van der Waals surface area contributed by atoms with Crippen molar-refractivity contribution in [1.29, 1.82) is 0 Å². The molecule has 0 aliphatic heterocycles. The maximum atomic E-state index is 13.2. The van der Waals surface area contributed by atoms with Gasteiger partial charge in [0.1, 0.15) is 11.1 Å². The lowest BCUT2D eigenvalue weighted by Gasteiger charge is -2.16. The molecule has 4 rings (SSSR count). The Labute approximate surface area is 174 Å². The fourth-order valence-corrected chi connectivity index (χ4v) is 4.34. The summed E-state index contributed by atoms with van der Waals surface area (Å²) in [5, 5.41) is 16.7. The number of nitrogens with zero attached hydrogens (tertiary/aromatic N) is 4. The van der Waals surface area contributed by atoms with Gasteiger partial charge in [-0.1, -0.05) is 48.2 Å². The van der Waals surface area contributed by atoms with Crippen LogP contribution >= 0.6 is 23.1 Å². The molecule has 1 unspecified atom stereocenters. The summed E-state index contributed by atoms with van der Waals surface area (Å²) in [4.78, 5) is 14.2. The third-order valence-corrected chi connectivity index (χ3v) is 6.15. The van der Waals surface area contributed by atoms with Crippen molar-refractivity contribution in [2.45, 2.75) is 17.0 Å². The molecule has 0 saturated heterocycles. The van der Waals surface area contributed by atoms with E-state index >= 15 is 0 Å². The van der Waals surface area contributed by atoms with Crippen molar-refractivity contribution in [2.75, 3.05) is 5.32 Å². The van der Waals surface area contributed by atoms with Crippen LogP contribution in [0.4, 0.5) is 10.1 Å². The number of benzene rings is 2. The van der Waals surface area contributed by atoms with E-state index in [4.69, 9.17) is 0 Å². The molecule has 2 aromatic heterocycles. The molecule has 0 aliphatic rings. The van der Waals surface area contributed by atoms with Gasteiger partial charge < -0.3 is 5.32 Å². The van der Waals surface area contributed by atoms with Crippen LogP contribution in [0.25, 0.3) is 0 Å². The fraction of sp³-hybridized carbons (Fsp3) is 0.100.